The SMILES string of the molecule is Cc1cccc(NC(=O)[C@H]2CC(=O)NC(Nc3nc4ccccc4s3)=N2)c1. The van der Waals surface area contributed by atoms with E-state index in [2.05, 4.69) is 25.9 Å². The molecule has 0 aliphatic carbocycles. The summed E-state index contributed by atoms with van der Waals surface area (Å²) in [5.74, 6) is -0.355. The molecule has 0 saturated carbocycles. The topological polar surface area (TPSA) is 95.5 Å². The van der Waals surface area contributed by atoms with Gasteiger partial charge in [-0.3, -0.25) is 14.9 Å². The lowest BCUT2D eigenvalue weighted by Gasteiger charge is -2.20. The second-order valence-corrected chi connectivity index (χ2v) is 7.25. The Morgan fingerprint density at radius 3 is 2.89 bits per heavy atom. The molecule has 2 amide bonds. The Morgan fingerprint density at radius 2 is 2.07 bits per heavy atom. The minimum atomic E-state index is -0.795. The van der Waals surface area contributed by atoms with E-state index in [-0.39, 0.29) is 24.2 Å². The summed E-state index contributed by atoms with van der Waals surface area (Å²) in [6, 6.07) is 14.4. The van der Waals surface area contributed by atoms with Crippen LogP contribution in [0, 0.1) is 6.92 Å². The highest BCUT2D eigenvalue weighted by Crippen LogP contribution is 2.25. The van der Waals surface area contributed by atoms with Crippen LogP contribution >= 0.6 is 11.3 Å². The predicted molar refractivity (Wildman–Crippen MR) is 107 cm³/mol. The highest BCUT2D eigenvalue weighted by atomic mass is 32.1. The Labute approximate surface area is 159 Å². The van der Waals surface area contributed by atoms with Crippen molar-refractivity contribution in [1.29, 1.82) is 0 Å². The van der Waals surface area contributed by atoms with Crippen LogP contribution in [-0.4, -0.2) is 28.8 Å². The highest BCUT2D eigenvalue weighted by Gasteiger charge is 2.27. The summed E-state index contributed by atoms with van der Waals surface area (Å²) in [5.41, 5.74) is 2.58. The van der Waals surface area contributed by atoms with Crippen LogP contribution in [0.1, 0.15) is 12.0 Å². The van der Waals surface area contributed by atoms with E-state index in [0.29, 0.717) is 10.8 Å². The number of nitrogens with one attached hydrogen (secondary N) is 3. The van der Waals surface area contributed by atoms with Crippen molar-refractivity contribution in [1.82, 2.24) is 10.3 Å². The van der Waals surface area contributed by atoms with Crippen molar-refractivity contribution in [2.75, 3.05) is 10.6 Å². The van der Waals surface area contributed by atoms with Gasteiger partial charge in [-0.15, -0.1) is 0 Å². The molecule has 4 rings (SSSR count). The van der Waals surface area contributed by atoms with Gasteiger partial charge in [-0.2, -0.15) is 0 Å². The summed E-state index contributed by atoms with van der Waals surface area (Å²) in [5, 5.41) is 9.08. The van der Waals surface area contributed by atoms with Gasteiger partial charge in [0.05, 0.1) is 16.6 Å². The van der Waals surface area contributed by atoms with Crippen LogP contribution in [-0.2, 0) is 9.59 Å². The molecule has 7 nitrogen and oxygen atoms in total. The molecule has 0 bridgehead atoms. The molecule has 3 aromatic rings. The number of hydrogen-bond donors (Lipinski definition) is 3. The maximum atomic E-state index is 12.5. The summed E-state index contributed by atoms with van der Waals surface area (Å²) in [7, 11) is 0. The van der Waals surface area contributed by atoms with Gasteiger partial charge in [-0.1, -0.05) is 35.6 Å². The number of benzene rings is 2. The quantitative estimate of drug-likeness (QED) is 0.652. The van der Waals surface area contributed by atoms with Gasteiger partial charge >= 0.3 is 0 Å². The zero-order valence-corrected chi connectivity index (χ0v) is 15.3. The van der Waals surface area contributed by atoms with Crippen LogP contribution < -0.4 is 16.0 Å². The number of aromatic nitrogens is 1. The molecule has 8 heteroatoms. The first-order valence-corrected chi connectivity index (χ1v) is 9.26. The lowest BCUT2D eigenvalue weighted by atomic mass is 10.1. The van der Waals surface area contributed by atoms with E-state index >= 15 is 0 Å². The fourth-order valence-electron chi connectivity index (χ4n) is 2.78. The van der Waals surface area contributed by atoms with E-state index in [1.54, 1.807) is 6.07 Å². The number of rotatable bonds is 3. The Bertz CT molecular complexity index is 1030. The van der Waals surface area contributed by atoms with Gasteiger partial charge < -0.3 is 10.6 Å². The third kappa shape index (κ3) is 3.95. The lowest BCUT2D eigenvalue weighted by Crippen LogP contribution is -2.45. The van der Waals surface area contributed by atoms with Gasteiger partial charge in [-0.25, -0.2) is 9.98 Å². The number of carbonyl (C=O) groups excluding carboxylic acids is 2. The first-order chi connectivity index (χ1) is 13.1. The number of aryl methyl sites for hydroxylation is 1. The van der Waals surface area contributed by atoms with Gasteiger partial charge in [0, 0.05) is 5.69 Å². The molecule has 2 aromatic carbocycles. The summed E-state index contributed by atoms with van der Waals surface area (Å²) in [4.78, 5) is 33.4. The van der Waals surface area contributed by atoms with Gasteiger partial charge in [0.1, 0.15) is 6.04 Å². The van der Waals surface area contributed by atoms with Crippen molar-refractivity contribution in [3.05, 3.63) is 54.1 Å². The van der Waals surface area contributed by atoms with E-state index < -0.39 is 6.04 Å². The number of guanidine groups is 1. The Morgan fingerprint density at radius 1 is 1.22 bits per heavy atom. The standard InChI is InChI=1S/C19H17N5O2S/c1-11-5-4-6-12(9-11)20-17(26)14-10-16(25)23-18(21-14)24-19-22-13-7-2-3-8-15(13)27-19/h2-9,14H,10H2,1H3,(H,20,26)(H2,21,22,23,24,25)/t14-/m1/s1. The molecule has 0 fully saturated rings. The van der Waals surface area contributed by atoms with Crippen LogP contribution in [0.15, 0.2) is 53.5 Å². The fraction of sp³-hybridized carbons (Fsp3) is 0.158. The molecule has 1 aliphatic rings. The Kier molecular flexibility index (Phi) is 4.55. The number of amides is 2. The highest BCUT2D eigenvalue weighted by molar-refractivity contribution is 7.22. The van der Waals surface area contributed by atoms with Crippen molar-refractivity contribution in [3.8, 4) is 0 Å². The monoisotopic (exact) mass is 379 g/mol. The lowest BCUT2D eigenvalue weighted by molar-refractivity contribution is -0.124. The molecule has 1 atom stereocenters. The van der Waals surface area contributed by atoms with E-state index in [4.69, 9.17) is 0 Å². The average Bonchev–Trinajstić information content (AvgIpc) is 3.03. The molecule has 0 unspecified atom stereocenters. The maximum Gasteiger partial charge on any atom is 0.249 e. The van der Waals surface area contributed by atoms with Crippen LogP contribution in [0.3, 0.4) is 0 Å². The predicted octanol–water partition coefficient (Wildman–Crippen LogP) is 2.90. The average molecular weight is 379 g/mol. The smallest absolute Gasteiger partial charge is 0.249 e. The first kappa shape index (κ1) is 17.2. The van der Waals surface area contributed by atoms with Crippen molar-refractivity contribution in [2.24, 2.45) is 4.99 Å². The van der Waals surface area contributed by atoms with E-state index in [1.165, 1.54) is 11.3 Å². The summed E-state index contributed by atoms with van der Waals surface area (Å²) in [6.07, 6.45) is 0.00265. The maximum absolute atomic E-state index is 12.5. The number of fused-ring (bicyclic) bond motifs is 1. The summed E-state index contributed by atoms with van der Waals surface area (Å²) < 4.78 is 1.02. The fourth-order valence-corrected chi connectivity index (χ4v) is 3.65. The van der Waals surface area contributed by atoms with Crippen LogP contribution in [0.25, 0.3) is 10.2 Å². The van der Waals surface area contributed by atoms with Gasteiger partial charge in [0.25, 0.3) is 0 Å². The van der Waals surface area contributed by atoms with Gasteiger partial charge in [0.15, 0.2) is 5.13 Å². The van der Waals surface area contributed by atoms with Crippen LogP contribution in [0.2, 0.25) is 0 Å². The number of nitrogens with zero attached hydrogens (tertiary/aromatic N) is 2. The second kappa shape index (κ2) is 7.16. The summed E-state index contributed by atoms with van der Waals surface area (Å²) >= 11 is 1.45. The van der Waals surface area contributed by atoms with Gasteiger partial charge in [-0.05, 0) is 36.8 Å². The first-order valence-electron chi connectivity index (χ1n) is 8.44. The zero-order chi connectivity index (χ0) is 18.8. The van der Waals surface area contributed by atoms with Crippen LogP contribution in [0.4, 0.5) is 10.8 Å². The largest absolute Gasteiger partial charge is 0.324 e. The van der Waals surface area contributed by atoms with E-state index in [0.717, 1.165) is 15.8 Å². The van der Waals surface area contributed by atoms with E-state index in [9.17, 15) is 9.59 Å². The van der Waals surface area contributed by atoms with Gasteiger partial charge in [0.2, 0.25) is 17.8 Å². The molecule has 0 saturated heterocycles. The number of thiazole rings is 1. The number of hydrogen-bond acceptors (Lipinski definition) is 6. The molecule has 0 radical (unpaired) electrons. The van der Waals surface area contributed by atoms with Crippen molar-refractivity contribution < 1.29 is 9.59 Å². The molecule has 136 valence electrons. The molecular weight excluding hydrogens is 362 g/mol. The molecule has 27 heavy (non-hydrogen) atoms. The number of carbonyl (C=O) groups is 2. The molecule has 2 heterocycles. The number of para-hydroxylation sites is 1. The zero-order valence-electron chi connectivity index (χ0n) is 14.5. The molecule has 3 N–H and O–H groups in total. The molecule has 1 aromatic heterocycles. The minimum Gasteiger partial charge on any atom is -0.324 e. The molecule has 0 spiro atoms. The number of aliphatic imine (C=N–C) groups is 1. The molecular formula is C19H17N5O2S. The Balaban J connectivity index is 1.51. The van der Waals surface area contributed by atoms with Crippen LogP contribution in [0.5, 0.6) is 0 Å². The molecule has 1 aliphatic heterocycles. The second-order valence-electron chi connectivity index (χ2n) is 6.22. The minimum absolute atomic E-state index is 0.00265. The third-order valence-corrected chi connectivity index (χ3v) is 4.98. The van der Waals surface area contributed by atoms with Crippen molar-refractivity contribution in [3.63, 3.8) is 0 Å². The number of anilines is 2. The third-order valence-electron chi connectivity index (χ3n) is 4.03. The van der Waals surface area contributed by atoms with E-state index in [1.807, 2.05) is 49.4 Å². The van der Waals surface area contributed by atoms with Crippen molar-refractivity contribution >= 4 is 50.1 Å². The Hall–Kier alpha value is -3.26. The summed E-state index contributed by atoms with van der Waals surface area (Å²) in [6.45, 7) is 1.95. The normalized spacial score (nSPS) is 16.6. The van der Waals surface area contributed by atoms with Crippen molar-refractivity contribution in [2.45, 2.75) is 19.4 Å².